The number of carbonyl (C=O) groups excluding carboxylic acids is 1. The highest BCUT2D eigenvalue weighted by Crippen LogP contribution is 2.11. The van der Waals surface area contributed by atoms with Crippen LogP contribution in [0.3, 0.4) is 0 Å². The molecule has 164 valence electrons. The number of amides is 1. The predicted molar refractivity (Wildman–Crippen MR) is 123 cm³/mol. The zero-order chi connectivity index (χ0) is 20.6. The number of halogens is 1. The molecule has 0 unspecified atom stereocenters. The number of aliphatic imine (C=N–C) groups is 1. The molecule has 1 saturated heterocycles. The van der Waals surface area contributed by atoms with Crippen molar-refractivity contribution >= 4 is 46.1 Å². The summed E-state index contributed by atoms with van der Waals surface area (Å²) in [4.78, 5) is 20.5. The highest BCUT2D eigenvalue weighted by Gasteiger charge is 2.23. The fourth-order valence-electron chi connectivity index (χ4n) is 2.80. The molecule has 0 spiro atoms. The van der Waals surface area contributed by atoms with Crippen LogP contribution in [0.5, 0.6) is 0 Å². The minimum Gasteiger partial charge on any atom is -0.450 e. The van der Waals surface area contributed by atoms with E-state index in [0.29, 0.717) is 39.3 Å². The van der Waals surface area contributed by atoms with Gasteiger partial charge in [0.05, 0.1) is 18.0 Å². The molecule has 0 radical (unpaired) electrons. The number of piperazine rings is 1. The number of sulfonamides is 1. The van der Waals surface area contributed by atoms with Gasteiger partial charge in [-0.1, -0.05) is 12.1 Å². The van der Waals surface area contributed by atoms with Gasteiger partial charge in [-0.15, -0.1) is 24.0 Å². The molecule has 0 aromatic heterocycles. The average Bonchev–Trinajstić information content (AvgIpc) is 2.71. The van der Waals surface area contributed by atoms with Crippen LogP contribution in [0.15, 0.2) is 34.2 Å². The number of guanidine groups is 1. The summed E-state index contributed by atoms with van der Waals surface area (Å²) in [6, 6.07) is 6.66. The molecule has 1 amide bonds. The highest BCUT2D eigenvalue weighted by molar-refractivity contribution is 14.0. The van der Waals surface area contributed by atoms with Crippen LogP contribution < -0.4 is 10.0 Å². The summed E-state index contributed by atoms with van der Waals surface area (Å²) >= 11 is 0. The summed E-state index contributed by atoms with van der Waals surface area (Å²) < 4.78 is 30.9. The van der Waals surface area contributed by atoms with Crippen LogP contribution in [0.2, 0.25) is 0 Å². The Bertz CT molecular complexity index is 778. The van der Waals surface area contributed by atoms with Crippen molar-refractivity contribution in [3.05, 3.63) is 29.8 Å². The molecule has 11 heteroatoms. The topological polar surface area (TPSA) is 103 Å². The van der Waals surface area contributed by atoms with Crippen molar-refractivity contribution in [2.24, 2.45) is 4.99 Å². The van der Waals surface area contributed by atoms with E-state index in [9.17, 15) is 13.2 Å². The Morgan fingerprint density at radius 3 is 2.21 bits per heavy atom. The molecule has 2 N–H and O–H groups in total. The van der Waals surface area contributed by atoms with Gasteiger partial charge in [0.1, 0.15) is 0 Å². The zero-order valence-electron chi connectivity index (χ0n) is 17.1. The van der Waals surface area contributed by atoms with Crippen LogP contribution in [-0.2, 0) is 21.3 Å². The van der Waals surface area contributed by atoms with Crippen molar-refractivity contribution in [1.82, 2.24) is 19.8 Å². The third-order valence-corrected chi connectivity index (χ3v) is 5.78. The number of carbonyl (C=O) groups is 1. The van der Waals surface area contributed by atoms with Gasteiger partial charge in [0.2, 0.25) is 10.0 Å². The zero-order valence-corrected chi connectivity index (χ0v) is 20.2. The van der Waals surface area contributed by atoms with Crippen molar-refractivity contribution in [3.63, 3.8) is 0 Å². The fourth-order valence-corrected chi connectivity index (χ4v) is 3.53. The van der Waals surface area contributed by atoms with Crippen LogP contribution in [0, 0.1) is 0 Å². The summed E-state index contributed by atoms with van der Waals surface area (Å²) in [5, 5.41) is 3.27. The van der Waals surface area contributed by atoms with Gasteiger partial charge < -0.3 is 19.9 Å². The normalized spacial score (nSPS) is 14.9. The second kappa shape index (κ2) is 12.2. The second-order valence-electron chi connectivity index (χ2n) is 6.19. The molecule has 1 fully saturated rings. The van der Waals surface area contributed by atoms with E-state index in [2.05, 4.69) is 19.9 Å². The van der Waals surface area contributed by atoms with Crippen LogP contribution in [0.25, 0.3) is 0 Å². The molecule has 0 saturated carbocycles. The second-order valence-corrected chi connectivity index (χ2v) is 8.08. The van der Waals surface area contributed by atoms with Crippen molar-refractivity contribution in [3.8, 4) is 0 Å². The number of hydrogen-bond acceptors (Lipinski definition) is 5. The summed E-state index contributed by atoms with van der Waals surface area (Å²) in [5.41, 5.74) is 0.913. The molecule has 29 heavy (non-hydrogen) atoms. The van der Waals surface area contributed by atoms with E-state index in [1.165, 1.54) is 7.05 Å². The molecule has 2 rings (SSSR count). The van der Waals surface area contributed by atoms with Crippen LogP contribution in [0.4, 0.5) is 4.79 Å². The van der Waals surface area contributed by atoms with Gasteiger partial charge >= 0.3 is 6.09 Å². The first kappa shape index (κ1) is 25.4. The smallest absolute Gasteiger partial charge is 0.409 e. The molecule has 0 bridgehead atoms. The number of rotatable bonds is 6. The summed E-state index contributed by atoms with van der Waals surface area (Å²) in [6.07, 6.45) is -0.277. The Kier molecular flexibility index (Phi) is 10.7. The molecule has 9 nitrogen and oxygen atoms in total. The summed E-state index contributed by atoms with van der Waals surface area (Å²) in [6.45, 7) is 7.84. The lowest BCUT2D eigenvalue weighted by molar-refractivity contribution is 0.0914. The van der Waals surface area contributed by atoms with Gasteiger partial charge in [-0.2, -0.15) is 0 Å². The van der Waals surface area contributed by atoms with Crippen molar-refractivity contribution in [2.75, 3.05) is 46.4 Å². The Hall–Kier alpha value is -1.60. The molecular weight excluding hydrogens is 509 g/mol. The third kappa shape index (κ3) is 7.30. The number of ether oxygens (including phenoxy) is 1. The van der Waals surface area contributed by atoms with Crippen LogP contribution in [0.1, 0.15) is 19.4 Å². The Labute approximate surface area is 189 Å². The number of nitrogens with zero attached hydrogens (tertiary/aromatic N) is 3. The molecule has 0 aliphatic carbocycles. The van der Waals surface area contributed by atoms with Gasteiger partial charge in [0, 0.05) is 32.7 Å². The number of nitrogens with one attached hydrogen (secondary N) is 2. The van der Waals surface area contributed by atoms with Gasteiger partial charge in [0.25, 0.3) is 0 Å². The first-order valence-corrected chi connectivity index (χ1v) is 10.9. The maximum Gasteiger partial charge on any atom is 0.409 e. The summed E-state index contributed by atoms with van der Waals surface area (Å²) in [7, 11) is -2.05. The standard InChI is InChI=1S/C18H29N5O4S.HI/c1-4-20-17(22-10-12-23(13-11-22)18(24)27-5-2)21-14-15-6-8-16(9-7-15)28(25,26)19-3;/h6-9,19H,4-5,10-14H2,1-3H3,(H,20,21);1H. The van der Waals surface area contributed by atoms with Gasteiger partial charge in [-0.3, -0.25) is 0 Å². The van der Waals surface area contributed by atoms with E-state index in [1.54, 1.807) is 36.1 Å². The lowest BCUT2D eigenvalue weighted by Gasteiger charge is -2.35. The third-order valence-electron chi connectivity index (χ3n) is 4.35. The van der Waals surface area contributed by atoms with Crippen molar-refractivity contribution in [2.45, 2.75) is 25.3 Å². The molecule has 1 aliphatic rings. The van der Waals surface area contributed by atoms with Crippen molar-refractivity contribution < 1.29 is 17.9 Å². The fraction of sp³-hybridized carbons (Fsp3) is 0.556. The molecule has 1 aromatic carbocycles. The molecule has 1 heterocycles. The molecule has 1 aromatic rings. The number of benzene rings is 1. The largest absolute Gasteiger partial charge is 0.450 e. The van der Waals surface area contributed by atoms with E-state index in [0.717, 1.165) is 18.1 Å². The Morgan fingerprint density at radius 2 is 1.69 bits per heavy atom. The van der Waals surface area contributed by atoms with E-state index in [1.807, 2.05) is 6.92 Å². The van der Waals surface area contributed by atoms with Crippen LogP contribution >= 0.6 is 24.0 Å². The molecule has 1 aliphatic heterocycles. The van der Waals surface area contributed by atoms with E-state index in [-0.39, 0.29) is 35.0 Å². The Balaban J connectivity index is 0.00000420. The SMILES string of the molecule is CCNC(=NCc1ccc(S(=O)(=O)NC)cc1)N1CCN(C(=O)OCC)CC1.I. The minimum atomic E-state index is -3.44. The van der Waals surface area contributed by atoms with E-state index in [4.69, 9.17) is 4.74 Å². The van der Waals surface area contributed by atoms with E-state index >= 15 is 0 Å². The lowest BCUT2D eigenvalue weighted by atomic mass is 10.2. The monoisotopic (exact) mass is 539 g/mol. The Morgan fingerprint density at radius 1 is 1.10 bits per heavy atom. The van der Waals surface area contributed by atoms with Crippen molar-refractivity contribution in [1.29, 1.82) is 0 Å². The first-order chi connectivity index (χ1) is 13.4. The lowest BCUT2D eigenvalue weighted by Crippen LogP contribution is -2.53. The van der Waals surface area contributed by atoms with Crippen LogP contribution in [-0.4, -0.2) is 76.6 Å². The maximum atomic E-state index is 11.8. The molecule has 0 atom stereocenters. The maximum absolute atomic E-state index is 11.8. The molecular formula is C18H30IN5O4S. The number of hydrogen-bond donors (Lipinski definition) is 2. The average molecular weight is 539 g/mol. The predicted octanol–water partition coefficient (Wildman–Crippen LogP) is 1.45. The van der Waals surface area contributed by atoms with Gasteiger partial charge in [-0.25, -0.2) is 22.9 Å². The van der Waals surface area contributed by atoms with E-state index < -0.39 is 10.0 Å². The summed E-state index contributed by atoms with van der Waals surface area (Å²) in [5.74, 6) is 0.776. The van der Waals surface area contributed by atoms with Gasteiger partial charge in [-0.05, 0) is 38.6 Å². The quantitative estimate of drug-likeness (QED) is 0.323. The first-order valence-electron chi connectivity index (χ1n) is 9.38. The highest BCUT2D eigenvalue weighted by atomic mass is 127. The van der Waals surface area contributed by atoms with Gasteiger partial charge in [0.15, 0.2) is 5.96 Å². The minimum absolute atomic E-state index is 0.